The second-order valence-corrected chi connectivity index (χ2v) is 5.87. The normalized spacial score (nSPS) is 18.3. The Kier molecular flexibility index (Phi) is 5.06. The number of likely N-dealkylation sites (tertiary alicyclic amines) is 1. The number of amides is 3. The molecule has 0 bridgehead atoms. The Labute approximate surface area is 145 Å². The highest BCUT2D eigenvalue weighted by Crippen LogP contribution is 2.26. The predicted octanol–water partition coefficient (Wildman–Crippen LogP) is 1.04. The maximum Gasteiger partial charge on any atom is 0.417 e. The van der Waals surface area contributed by atoms with E-state index >= 15 is 0 Å². The van der Waals surface area contributed by atoms with Crippen LogP contribution in [-0.4, -0.2) is 67.2 Å². The maximum atomic E-state index is 12.3. The largest absolute Gasteiger partial charge is 0.493 e. The van der Waals surface area contributed by atoms with E-state index in [9.17, 15) is 14.4 Å². The average Bonchev–Trinajstić information content (AvgIpc) is 2.98. The second-order valence-electron chi connectivity index (χ2n) is 5.87. The van der Waals surface area contributed by atoms with Gasteiger partial charge in [0.05, 0.1) is 7.11 Å². The second kappa shape index (κ2) is 7.42. The van der Waals surface area contributed by atoms with Gasteiger partial charge in [-0.3, -0.25) is 9.59 Å². The molecule has 0 spiro atoms. The number of rotatable bonds is 5. The van der Waals surface area contributed by atoms with E-state index in [0.29, 0.717) is 37.4 Å². The Morgan fingerprint density at radius 2 is 1.88 bits per heavy atom. The summed E-state index contributed by atoms with van der Waals surface area (Å²) >= 11 is 0. The highest BCUT2D eigenvalue weighted by atomic mass is 16.6. The molecule has 0 unspecified atom stereocenters. The Balaban J connectivity index is 1.50. The molecular formula is C17H20N2O6. The van der Waals surface area contributed by atoms with Gasteiger partial charge in [-0.2, -0.15) is 0 Å². The van der Waals surface area contributed by atoms with Gasteiger partial charge < -0.3 is 19.1 Å². The van der Waals surface area contributed by atoms with Crippen molar-refractivity contribution in [2.24, 2.45) is 0 Å². The molecular weight excluding hydrogens is 328 g/mol. The lowest BCUT2D eigenvalue weighted by Crippen LogP contribution is -2.49. The zero-order valence-electron chi connectivity index (χ0n) is 14.0. The van der Waals surface area contributed by atoms with Gasteiger partial charge in [-0.25, -0.2) is 9.69 Å². The molecule has 0 atom stereocenters. The van der Waals surface area contributed by atoms with Gasteiger partial charge in [0, 0.05) is 19.1 Å². The molecule has 2 heterocycles. The monoisotopic (exact) mass is 348 g/mol. The average molecular weight is 348 g/mol. The lowest BCUT2D eigenvalue weighted by atomic mass is 10.0. The number of piperidine rings is 1. The molecule has 0 N–H and O–H groups in total. The summed E-state index contributed by atoms with van der Waals surface area (Å²) in [6, 6.07) is 6.92. The third kappa shape index (κ3) is 3.67. The summed E-state index contributed by atoms with van der Waals surface area (Å²) in [7, 11) is 1.54. The molecule has 134 valence electrons. The van der Waals surface area contributed by atoms with Crippen LogP contribution in [0.1, 0.15) is 12.8 Å². The number of carbonyl (C=O) groups is 3. The molecule has 3 amide bonds. The van der Waals surface area contributed by atoms with Crippen molar-refractivity contribution in [3.63, 3.8) is 0 Å². The van der Waals surface area contributed by atoms with E-state index in [1.54, 1.807) is 30.2 Å². The van der Waals surface area contributed by atoms with Crippen molar-refractivity contribution in [2.45, 2.75) is 18.9 Å². The minimum Gasteiger partial charge on any atom is -0.493 e. The van der Waals surface area contributed by atoms with Crippen molar-refractivity contribution in [1.29, 1.82) is 0 Å². The molecule has 2 saturated heterocycles. The summed E-state index contributed by atoms with van der Waals surface area (Å²) in [6.07, 6.45) is 0.497. The smallest absolute Gasteiger partial charge is 0.417 e. The molecule has 25 heavy (non-hydrogen) atoms. The summed E-state index contributed by atoms with van der Waals surface area (Å²) < 4.78 is 15.5. The number of cyclic esters (lactones) is 1. The Bertz CT molecular complexity index is 653. The fourth-order valence-corrected chi connectivity index (χ4v) is 3.06. The fourth-order valence-electron chi connectivity index (χ4n) is 3.06. The van der Waals surface area contributed by atoms with E-state index in [0.717, 1.165) is 0 Å². The third-order valence-corrected chi connectivity index (χ3v) is 4.39. The SMILES string of the molecule is COc1ccccc1OCC(=O)N1CCC(N2C(=O)COC2=O)CC1. The molecule has 0 saturated carbocycles. The molecule has 2 aliphatic rings. The van der Waals surface area contributed by atoms with Gasteiger partial charge in [0.2, 0.25) is 0 Å². The number of para-hydroxylation sites is 2. The topological polar surface area (TPSA) is 85.4 Å². The summed E-state index contributed by atoms with van der Waals surface area (Å²) in [5.74, 6) is 0.632. The first-order valence-electron chi connectivity index (χ1n) is 8.12. The van der Waals surface area contributed by atoms with Crippen molar-refractivity contribution in [3.8, 4) is 11.5 Å². The molecule has 0 radical (unpaired) electrons. The van der Waals surface area contributed by atoms with Crippen LogP contribution < -0.4 is 9.47 Å². The van der Waals surface area contributed by atoms with E-state index in [-0.39, 0.29) is 31.1 Å². The molecule has 2 aliphatic heterocycles. The number of methoxy groups -OCH3 is 1. The molecule has 8 nitrogen and oxygen atoms in total. The lowest BCUT2D eigenvalue weighted by molar-refractivity contribution is -0.135. The van der Waals surface area contributed by atoms with Gasteiger partial charge in [0.15, 0.2) is 24.7 Å². The van der Waals surface area contributed by atoms with Crippen LogP contribution in [0.5, 0.6) is 11.5 Å². The van der Waals surface area contributed by atoms with Gasteiger partial charge in [-0.1, -0.05) is 12.1 Å². The van der Waals surface area contributed by atoms with Crippen LogP contribution in [0, 0.1) is 0 Å². The highest BCUT2D eigenvalue weighted by molar-refractivity contribution is 5.98. The van der Waals surface area contributed by atoms with Gasteiger partial charge in [-0.15, -0.1) is 0 Å². The predicted molar refractivity (Wildman–Crippen MR) is 86.3 cm³/mol. The number of benzene rings is 1. The first-order chi connectivity index (χ1) is 12.1. The van der Waals surface area contributed by atoms with Crippen LogP contribution >= 0.6 is 0 Å². The molecule has 8 heteroatoms. The van der Waals surface area contributed by atoms with Crippen LogP contribution in [0.3, 0.4) is 0 Å². The molecule has 0 aliphatic carbocycles. The summed E-state index contributed by atoms with van der Waals surface area (Å²) in [4.78, 5) is 38.4. The molecule has 1 aromatic rings. The zero-order chi connectivity index (χ0) is 17.8. The minimum absolute atomic E-state index is 0.0876. The van der Waals surface area contributed by atoms with Crippen molar-refractivity contribution in [2.75, 3.05) is 33.4 Å². The Hall–Kier alpha value is -2.77. The van der Waals surface area contributed by atoms with Crippen LogP contribution in [0.2, 0.25) is 0 Å². The summed E-state index contributed by atoms with van der Waals surface area (Å²) in [5, 5.41) is 0. The molecule has 1 aromatic carbocycles. The quantitative estimate of drug-likeness (QED) is 0.790. The van der Waals surface area contributed by atoms with Gasteiger partial charge >= 0.3 is 6.09 Å². The zero-order valence-corrected chi connectivity index (χ0v) is 14.0. The molecule has 3 rings (SSSR count). The van der Waals surface area contributed by atoms with E-state index in [2.05, 4.69) is 0 Å². The maximum absolute atomic E-state index is 12.3. The van der Waals surface area contributed by atoms with Gasteiger partial charge in [0.1, 0.15) is 0 Å². The molecule has 0 aromatic heterocycles. The van der Waals surface area contributed by atoms with E-state index in [4.69, 9.17) is 14.2 Å². The van der Waals surface area contributed by atoms with Crippen LogP contribution in [0.25, 0.3) is 0 Å². The first kappa shape index (κ1) is 17.1. The van der Waals surface area contributed by atoms with Gasteiger partial charge in [0.25, 0.3) is 11.8 Å². The number of hydrogen-bond donors (Lipinski definition) is 0. The number of ether oxygens (including phenoxy) is 3. The summed E-state index contributed by atoms with van der Waals surface area (Å²) in [6.45, 7) is 0.659. The van der Waals surface area contributed by atoms with Crippen molar-refractivity contribution in [3.05, 3.63) is 24.3 Å². The Morgan fingerprint density at radius 3 is 2.48 bits per heavy atom. The Morgan fingerprint density at radius 1 is 1.20 bits per heavy atom. The number of nitrogens with zero attached hydrogens (tertiary/aromatic N) is 2. The van der Waals surface area contributed by atoms with Gasteiger partial charge in [-0.05, 0) is 25.0 Å². The van der Waals surface area contributed by atoms with Crippen molar-refractivity contribution >= 4 is 17.9 Å². The standard InChI is InChI=1S/C17H20N2O6/c1-23-13-4-2-3-5-14(13)24-10-15(20)18-8-6-12(7-9-18)19-16(21)11-25-17(19)22/h2-5,12H,6-11H2,1H3. The van der Waals surface area contributed by atoms with E-state index in [1.807, 2.05) is 6.07 Å². The van der Waals surface area contributed by atoms with Crippen molar-refractivity contribution < 1.29 is 28.6 Å². The minimum atomic E-state index is -0.589. The van der Waals surface area contributed by atoms with Crippen LogP contribution in [-0.2, 0) is 14.3 Å². The number of imide groups is 1. The van der Waals surface area contributed by atoms with E-state index in [1.165, 1.54) is 4.90 Å². The lowest BCUT2D eigenvalue weighted by Gasteiger charge is -2.34. The van der Waals surface area contributed by atoms with Crippen LogP contribution in [0.15, 0.2) is 24.3 Å². The van der Waals surface area contributed by atoms with E-state index < -0.39 is 6.09 Å². The van der Waals surface area contributed by atoms with Crippen LogP contribution in [0.4, 0.5) is 4.79 Å². The highest BCUT2D eigenvalue weighted by Gasteiger charge is 2.39. The van der Waals surface area contributed by atoms with Crippen molar-refractivity contribution in [1.82, 2.24) is 9.80 Å². The first-order valence-corrected chi connectivity index (χ1v) is 8.12. The number of carbonyl (C=O) groups excluding carboxylic acids is 3. The number of hydrogen-bond acceptors (Lipinski definition) is 6. The molecule has 2 fully saturated rings. The summed E-state index contributed by atoms with van der Waals surface area (Å²) in [5.41, 5.74) is 0. The third-order valence-electron chi connectivity index (χ3n) is 4.39. The fraction of sp³-hybridized carbons (Fsp3) is 0.471.